The Morgan fingerprint density at radius 3 is 2.60 bits per heavy atom. The number of nitrogens with zero attached hydrogens (tertiary/aromatic N) is 1. The van der Waals surface area contributed by atoms with Crippen LogP contribution >= 0.6 is 15.9 Å². The normalized spacial score (nSPS) is 10.8. The van der Waals surface area contributed by atoms with Crippen molar-refractivity contribution in [2.75, 3.05) is 0 Å². The number of hydrogen-bond acceptors (Lipinski definition) is 1. The maximum absolute atomic E-state index is 11.2. The molecule has 0 atom stereocenters. The Bertz CT molecular complexity index is 778. The largest absolute Gasteiger partial charge is 0.368 e. The molecule has 0 aliphatic heterocycles. The summed E-state index contributed by atoms with van der Waals surface area (Å²) in [4.78, 5) is 11.2. The fourth-order valence-electron chi connectivity index (χ4n) is 2.42. The van der Waals surface area contributed by atoms with E-state index in [-0.39, 0.29) is 12.5 Å². The van der Waals surface area contributed by atoms with Gasteiger partial charge in [0.15, 0.2) is 0 Å². The van der Waals surface area contributed by atoms with Gasteiger partial charge in [0.25, 0.3) is 0 Å². The molecule has 0 spiro atoms. The van der Waals surface area contributed by atoms with Crippen LogP contribution in [0.1, 0.15) is 0 Å². The first-order chi connectivity index (χ1) is 9.65. The summed E-state index contributed by atoms with van der Waals surface area (Å²) >= 11 is 3.50. The standard InChI is InChI=1S/C16H13BrN2O/c17-12-6-7-15-13(8-12)14(9-19(15)10-16(18)20)11-4-2-1-3-5-11/h1-9H,10H2,(H2,18,20). The van der Waals surface area contributed by atoms with Gasteiger partial charge in [0, 0.05) is 27.1 Å². The first-order valence-electron chi connectivity index (χ1n) is 6.27. The van der Waals surface area contributed by atoms with E-state index in [4.69, 9.17) is 5.73 Å². The smallest absolute Gasteiger partial charge is 0.237 e. The highest BCUT2D eigenvalue weighted by atomic mass is 79.9. The van der Waals surface area contributed by atoms with Gasteiger partial charge in [-0.05, 0) is 23.8 Å². The van der Waals surface area contributed by atoms with E-state index in [1.54, 1.807) is 0 Å². The highest BCUT2D eigenvalue weighted by molar-refractivity contribution is 9.10. The molecule has 2 N–H and O–H groups in total. The number of rotatable bonds is 3. The van der Waals surface area contributed by atoms with Gasteiger partial charge in [-0.1, -0.05) is 46.3 Å². The monoisotopic (exact) mass is 328 g/mol. The highest BCUT2D eigenvalue weighted by Gasteiger charge is 2.11. The lowest BCUT2D eigenvalue weighted by molar-refractivity contribution is -0.118. The summed E-state index contributed by atoms with van der Waals surface area (Å²) < 4.78 is 2.91. The number of halogens is 1. The third-order valence-electron chi connectivity index (χ3n) is 3.25. The van der Waals surface area contributed by atoms with Crippen molar-refractivity contribution in [3.8, 4) is 11.1 Å². The number of carbonyl (C=O) groups excluding carboxylic acids is 1. The number of carbonyl (C=O) groups is 1. The van der Waals surface area contributed by atoms with Gasteiger partial charge in [-0.2, -0.15) is 0 Å². The molecule has 0 radical (unpaired) electrons. The number of primary amides is 1. The molecule has 0 saturated carbocycles. The molecule has 4 heteroatoms. The first-order valence-corrected chi connectivity index (χ1v) is 7.06. The van der Waals surface area contributed by atoms with Crippen molar-refractivity contribution >= 4 is 32.7 Å². The van der Waals surface area contributed by atoms with E-state index in [0.717, 1.165) is 26.5 Å². The molecule has 3 aromatic rings. The first kappa shape index (κ1) is 12.9. The summed E-state index contributed by atoms with van der Waals surface area (Å²) in [7, 11) is 0. The molecule has 20 heavy (non-hydrogen) atoms. The molecule has 0 unspecified atom stereocenters. The van der Waals surface area contributed by atoms with Crippen LogP contribution in [0.5, 0.6) is 0 Å². The minimum atomic E-state index is -0.343. The van der Waals surface area contributed by atoms with Crippen LogP contribution in [0, 0.1) is 0 Å². The maximum Gasteiger partial charge on any atom is 0.237 e. The Hall–Kier alpha value is -2.07. The van der Waals surface area contributed by atoms with Crippen LogP contribution in [0.15, 0.2) is 59.2 Å². The van der Waals surface area contributed by atoms with Crippen molar-refractivity contribution in [1.82, 2.24) is 4.57 Å². The van der Waals surface area contributed by atoms with Crippen molar-refractivity contribution in [3.05, 3.63) is 59.2 Å². The van der Waals surface area contributed by atoms with Gasteiger partial charge in [-0.3, -0.25) is 4.79 Å². The predicted molar refractivity (Wildman–Crippen MR) is 84.3 cm³/mol. The second kappa shape index (κ2) is 5.13. The Balaban J connectivity index is 2.26. The van der Waals surface area contributed by atoms with Crippen LogP contribution < -0.4 is 5.73 Å². The third kappa shape index (κ3) is 2.34. The van der Waals surface area contributed by atoms with Crippen LogP contribution in [0.3, 0.4) is 0 Å². The molecule has 1 aromatic heterocycles. The molecular weight excluding hydrogens is 316 g/mol. The number of fused-ring (bicyclic) bond motifs is 1. The number of benzene rings is 2. The SMILES string of the molecule is NC(=O)Cn1cc(-c2ccccc2)c2cc(Br)ccc21. The van der Waals surface area contributed by atoms with E-state index >= 15 is 0 Å². The molecule has 1 heterocycles. The number of amides is 1. The maximum atomic E-state index is 11.2. The summed E-state index contributed by atoms with van der Waals surface area (Å²) in [6.07, 6.45) is 1.98. The minimum absolute atomic E-state index is 0.185. The minimum Gasteiger partial charge on any atom is -0.368 e. The molecule has 2 aromatic carbocycles. The Morgan fingerprint density at radius 2 is 1.90 bits per heavy atom. The average Bonchev–Trinajstić information content (AvgIpc) is 2.77. The molecular formula is C16H13BrN2O. The molecule has 3 rings (SSSR count). The molecule has 0 saturated heterocycles. The summed E-state index contributed by atoms with van der Waals surface area (Å²) in [6.45, 7) is 0.185. The van der Waals surface area contributed by atoms with Crippen molar-refractivity contribution in [2.24, 2.45) is 5.73 Å². The topological polar surface area (TPSA) is 48.0 Å². The highest BCUT2D eigenvalue weighted by Crippen LogP contribution is 2.32. The molecule has 0 aliphatic rings. The molecule has 0 fully saturated rings. The Labute approximate surface area is 125 Å². The molecule has 100 valence electrons. The lowest BCUT2D eigenvalue weighted by Gasteiger charge is -2.01. The number of hydrogen-bond donors (Lipinski definition) is 1. The van der Waals surface area contributed by atoms with Crippen molar-refractivity contribution < 1.29 is 4.79 Å². The fourth-order valence-corrected chi connectivity index (χ4v) is 2.78. The average molecular weight is 329 g/mol. The van der Waals surface area contributed by atoms with E-state index in [1.165, 1.54) is 0 Å². The van der Waals surface area contributed by atoms with Crippen LogP contribution in [0.25, 0.3) is 22.0 Å². The fraction of sp³-hybridized carbons (Fsp3) is 0.0625. The summed E-state index contributed by atoms with van der Waals surface area (Å²) in [5.74, 6) is -0.343. The zero-order valence-corrected chi connectivity index (χ0v) is 12.3. The second-order valence-corrected chi connectivity index (χ2v) is 5.58. The van der Waals surface area contributed by atoms with Crippen molar-refractivity contribution in [3.63, 3.8) is 0 Å². The van der Waals surface area contributed by atoms with Crippen molar-refractivity contribution in [1.29, 1.82) is 0 Å². The van der Waals surface area contributed by atoms with E-state index in [1.807, 2.05) is 41.1 Å². The molecule has 1 amide bonds. The third-order valence-corrected chi connectivity index (χ3v) is 3.75. The summed E-state index contributed by atoms with van der Waals surface area (Å²) in [5.41, 5.74) is 8.55. The lowest BCUT2D eigenvalue weighted by Crippen LogP contribution is -2.17. The zero-order chi connectivity index (χ0) is 14.1. The van der Waals surface area contributed by atoms with Gasteiger partial charge in [-0.25, -0.2) is 0 Å². The van der Waals surface area contributed by atoms with E-state index in [2.05, 4.69) is 34.1 Å². The molecule has 0 bridgehead atoms. The van der Waals surface area contributed by atoms with Gasteiger partial charge in [0.2, 0.25) is 5.91 Å². The van der Waals surface area contributed by atoms with E-state index in [0.29, 0.717) is 0 Å². The number of nitrogens with two attached hydrogens (primary N) is 1. The van der Waals surface area contributed by atoms with Gasteiger partial charge in [0.1, 0.15) is 6.54 Å². The molecule has 3 nitrogen and oxygen atoms in total. The lowest BCUT2D eigenvalue weighted by atomic mass is 10.1. The van der Waals surface area contributed by atoms with Gasteiger partial charge >= 0.3 is 0 Å². The Morgan fingerprint density at radius 1 is 1.15 bits per heavy atom. The van der Waals surface area contributed by atoms with Crippen molar-refractivity contribution in [2.45, 2.75) is 6.54 Å². The Kier molecular flexibility index (Phi) is 3.32. The quantitative estimate of drug-likeness (QED) is 0.785. The van der Waals surface area contributed by atoms with E-state index in [9.17, 15) is 4.79 Å². The van der Waals surface area contributed by atoms with Crippen LogP contribution in [-0.4, -0.2) is 10.5 Å². The van der Waals surface area contributed by atoms with Gasteiger partial charge in [-0.15, -0.1) is 0 Å². The molecule has 0 aliphatic carbocycles. The van der Waals surface area contributed by atoms with E-state index < -0.39 is 0 Å². The van der Waals surface area contributed by atoms with Crippen LogP contribution in [0.4, 0.5) is 0 Å². The number of aromatic nitrogens is 1. The summed E-state index contributed by atoms with van der Waals surface area (Å²) in [6, 6.07) is 16.1. The predicted octanol–water partition coefficient (Wildman–Crippen LogP) is 3.56. The van der Waals surface area contributed by atoms with Crippen LogP contribution in [0.2, 0.25) is 0 Å². The summed E-state index contributed by atoms with van der Waals surface area (Å²) in [5, 5.41) is 1.10. The second-order valence-electron chi connectivity index (χ2n) is 4.66. The van der Waals surface area contributed by atoms with Crippen LogP contribution in [-0.2, 0) is 11.3 Å². The van der Waals surface area contributed by atoms with Gasteiger partial charge in [0.05, 0.1) is 0 Å². The zero-order valence-electron chi connectivity index (χ0n) is 10.7. The van der Waals surface area contributed by atoms with Gasteiger partial charge < -0.3 is 10.3 Å².